The second-order valence-corrected chi connectivity index (χ2v) is 4.06. The molecule has 0 bridgehead atoms. The van der Waals surface area contributed by atoms with Crippen LogP contribution in [0.1, 0.15) is 17.3 Å². The van der Waals surface area contributed by atoms with E-state index in [1.165, 1.54) is 49.4 Å². The van der Waals surface area contributed by atoms with Gasteiger partial charge in [0, 0.05) is 5.56 Å². The Bertz CT molecular complexity index is 579. The van der Waals surface area contributed by atoms with Crippen molar-refractivity contribution in [2.24, 2.45) is 0 Å². The van der Waals surface area contributed by atoms with Crippen molar-refractivity contribution >= 4 is 5.78 Å². The average Bonchev–Trinajstić information content (AvgIpc) is 2.41. The minimum atomic E-state index is -0.845. The number of hydrogen-bond acceptors (Lipinski definition) is 2. The molecule has 4 heteroatoms. The summed E-state index contributed by atoms with van der Waals surface area (Å²) < 4.78 is 31.4. The lowest BCUT2D eigenvalue weighted by Gasteiger charge is -2.14. The summed E-state index contributed by atoms with van der Waals surface area (Å²) in [7, 11) is 0. The minimum Gasteiger partial charge on any atom is -0.479 e. The van der Waals surface area contributed by atoms with Crippen molar-refractivity contribution in [1.29, 1.82) is 0 Å². The van der Waals surface area contributed by atoms with Crippen LogP contribution < -0.4 is 4.74 Å². The number of ether oxygens (including phenoxy) is 1. The molecule has 0 aliphatic heterocycles. The summed E-state index contributed by atoms with van der Waals surface area (Å²) >= 11 is 0. The first-order valence-corrected chi connectivity index (χ1v) is 5.79. The van der Waals surface area contributed by atoms with Gasteiger partial charge < -0.3 is 4.74 Å². The van der Waals surface area contributed by atoms with Crippen molar-refractivity contribution in [2.45, 2.75) is 13.0 Å². The molecule has 0 N–H and O–H groups in total. The molecule has 2 aromatic rings. The maximum absolute atomic E-state index is 13.4. The maximum Gasteiger partial charge on any atom is 0.202 e. The van der Waals surface area contributed by atoms with Gasteiger partial charge in [0.25, 0.3) is 0 Å². The monoisotopic (exact) mass is 262 g/mol. The van der Waals surface area contributed by atoms with Crippen LogP contribution in [-0.2, 0) is 0 Å². The Balaban J connectivity index is 2.12. The van der Waals surface area contributed by atoms with E-state index >= 15 is 0 Å². The number of carbonyl (C=O) groups is 1. The summed E-state index contributed by atoms with van der Waals surface area (Å²) in [6.07, 6.45) is -0.845. The SMILES string of the molecule is CC(Oc1ccccc1F)C(=O)c1ccc(F)cc1. The van der Waals surface area contributed by atoms with Crippen LogP contribution >= 0.6 is 0 Å². The summed E-state index contributed by atoms with van der Waals surface area (Å²) in [6, 6.07) is 11.0. The highest BCUT2D eigenvalue weighted by atomic mass is 19.1. The zero-order chi connectivity index (χ0) is 13.8. The van der Waals surface area contributed by atoms with Gasteiger partial charge in [0.15, 0.2) is 17.7 Å². The van der Waals surface area contributed by atoms with E-state index < -0.39 is 17.7 Å². The van der Waals surface area contributed by atoms with Crippen molar-refractivity contribution in [3.05, 3.63) is 65.7 Å². The van der Waals surface area contributed by atoms with E-state index in [9.17, 15) is 13.6 Å². The van der Waals surface area contributed by atoms with Gasteiger partial charge in [-0.05, 0) is 43.3 Å². The Kier molecular flexibility index (Phi) is 3.90. The summed E-state index contributed by atoms with van der Waals surface area (Å²) in [5, 5.41) is 0. The molecular weight excluding hydrogens is 250 g/mol. The van der Waals surface area contributed by atoms with Crippen molar-refractivity contribution in [2.75, 3.05) is 0 Å². The quantitative estimate of drug-likeness (QED) is 0.787. The molecule has 2 rings (SSSR count). The Morgan fingerprint density at radius 1 is 1.05 bits per heavy atom. The summed E-state index contributed by atoms with van der Waals surface area (Å²) in [6.45, 7) is 1.53. The van der Waals surface area contributed by atoms with Gasteiger partial charge >= 0.3 is 0 Å². The van der Waals surface area contributed by atoms with Crippen LogP contribution in [0.25, 0.3) is 0 Å². The van der Waals surface area contributed by atoms with Crippen molar-refractivity contribution in [1.82, 2.24) is 0 Å². The first-order chi connectivity index (χ1) is 9.08. The number of halogens is 2. The number of hydrogen-bond donors (Lipinski definition) is 0. The number of carbonyl (C=O) groups excluding carboxylic acids is 1. The van der Waals surface area contributed by atoms with Gasteiger partial charge in [-0.1, -0.05) is 12.1 Å². The Morgan fingerprint density at radius 2 is 1.68 bits per heavy atom. The zero-order valence-corrected chi connectivity index (χ0v) is 10.3. The zero-order valence-electron chi connectivity index (χ0n) is 10.3. The number of ketones is 1. The molecule has 0 aliphatic rings. The maximum atomic E-state index is 13.4. The number of Topliss-reactive ketones (excluding diaryl/α,β-unsaturated/α-hetero) is 1. The van der Waals surface area contributed by atoms with Crippen LogP contribution in [0.15, 0.2) is 48.5 Å². The standard InChI is InChI=1S/C15H12F2O2/c1-10(19-14-5-3-2-4-13(14)17)15(18)11-6-8-12(16)9-7-11/h2-10H,1H3. The van der Waals surface area contributed by atoms with Gasteiger partial charge in [0.05, 0.1) is 0 Å². The summed E-state index contributed by atoms with van der Waals surface area (Å²) in [4.78, 5) is 12.0. The highest BCUT2D eigenvalue weighted by Gasteiger charge is 2.18. The lowest BCUT2D eigenvalue weighted by Crippen LogP contribution is -2.24. The second kappa shape index (κ2) is 5.61. The van der Waals surface area contributed by atoms with E-state index in [0.717, 1.165) is 0 Å². The molecule has 0 heterocycles. The summed E-state index contributed by atoms with van der Waals surface area (Å²) in [5.74, 6) is -1.26. The molecular formula is C15H12F2O2. The first kappa shape index (κ1) is 13.2. The Hall–Kier alpha value is -2.23. The van der Waals surface area contributed by atoms with Crippen LogP contribution in [0.3, 0.4) is 0 Å². The second-order valence-electron chi connectivity index (χ2n) is 4.06. The van der Waals surface area contributed by atoms with Gasteiger partial charge in [-0.3, -0.25) is 4.79 Å². The van der Waals surface area contributed by atoms with Gasteiger partial charge in [-0.2, -0.15) is 0 Å². The van der Waals surface area contributed by atoms with Crippen LogP contribution in [-0.4, -0.2) is 11.9 Å². The number of rotatable bonds is 4. The Labute approximate surface area is 109 Å². The van der Waals surface area contributed by atoms with E-state index in [1.807, 2.05) is 0 Å². The normalized spacial score (nSPS) is 11.9. The molecule has 0 saturated heterocycles. The third-order valence-electron chi connectivity index (χ3n) is 2.64. The summed E-state index contributed by atoms with van der Waals surface area (Å²) in [5.41, 5.74) is 0.324. The molecule has 0 radical (unpaired) electrons. The number of para-hydroxylation sites is 1. The van der Waals surface area contributed by atoms with Gasteiger partial charge in [0.2, 0.25) is 5.78 Å². The van der Waals surface area contributed by atoms with Crippen LogP contribution in [0, 0.1) is 11.6 Å². The molecule has 2 nitrogen and oxygen atoms in total. The largest absolute Gasteiger partial charge is 0.479 e. The van der Waals surface area contributed by atoms with Crippen LogP contribution in [0.2, 0.25) is 0 Å². The highest BCUT2D eigenvalue weighted by Crippen LogP contribution is 2.18. The van der Waals surface area contributed by atoms with Crippen molar-refractivity contribution in [3.8, 4) is 5.75 Å². The molecule has 0 spiro atoms. The molecule has 1 atom stereocenters. The van der Waals surface area contributed by atoms with E-state index in [4.69, 9.17) is 4.74 Å². The molecule has 0 saturated carbocycles. The predicted octanol–water partition coefficient (Wildman–Crippen LogP) is 3.62. The minimum absolute atomic E-state index is 0.0189. The average molecular weight is 262 g/mol. The fourth-order valence-electron chi connectivity index (χ4n) is 1.63. The third kappa shape index (κ3) is 3.16. The van der Waals surface area contributed by atoms with E-state index in [2.05, 4.69) is 0 Å². The molecule has 19 heavy (non-hydrogen) atoms. The lowest BCUT2D eigenvalue weighted by molar-refractivity contribution is 0.0812. The fourth-order valence-corrected chi connectivity index (χ4v) is 1.63. The smallest absolute Gasteiger partial charge is 0.202 e. The lowest BCUT2D eigenvalue weighted by atomic mass is 10.1. The van der Waals surface area contributed by atoms with Crippen LogP contribution in [0.4, 0.5) is 8.78 Å². The van der Waals surface area contributed by atoms with Crippen LogP contribution in [0.5, 0.6) is 5.75 Å². The molecule has 0 aliphatic carbocycles. The molecule has 1 unspecified atom stereocenters. The Morgan fingerprint density at radius 3 is 2.32 bits per heavy atom. The van der Waals surface area contributed by atoms with E-state index in [0.29, 0.717) is 5.56 Å². The third-order valence-corrected chi connectivity index (χ3v) is 2.64. The highest BCUT2D eigenvalue weighted by molar-refractivity contribution is 5.99. The number of benzene rings is 2. The van der Waals surface area contributed by atoms with Crippen molar-refractivity contribution < 1.29 is 18.3 Å². The molecule has 0 aromatic heterocycles. The molecule has 2 aromatic carbocycles. The molecule has 98 valence electrons. The van der Waals surface area contributed by atoms with E-state index in [1.54, 1.807) is 6.07 Å². The van der Waals surface area contributed by atoms with E-state index in [-0.39, 0.29) is 11.5 Å². The molecule has 0 amide bonds. The van der Waals surface area contributed by atoms with Gasteiger partial charge in [0.1, 0.15) is 5.82 Å². The first-order valence-electron chi connectivity index (χ1n) is 5.79. The topological polar surface area (TPSA) is 26.3 Å². The molecule has 0 fully saturated rings. The van der Waals surface area contributed by atoms with Gasteiger partial charge in [-0.25, -0.2) is 8.78 Å². The predicted molar refractivity (Wildman–Crippen MR) is 67.2 cm³/mol. The van der Waals surface area contributed by atoms with Gasteiger partial charge in [-0.15, -0.1) is 0 Å². The fraction of sp³-hybridized carbons (Fsp3) is 0.133. The van der Waals surface area contributed by atoms with Crippen molar-refractivity contribution in [3.63, 3.8) is 0 Å².